The summed E-state index contributed by atoms with van der Waals surface area (Å²) in [5, 5.41) is 15.5. The number of nitrogens with one attached hydrogen (secondary N) is 2. The smallest absolute Gasteiger partial charge is 0.364 e. The highest BCUT2D eigenvalue weighted by atomic mass is 19.1. The van der Waals surface area contributed by atoms with Gasteiger partial charge in [-0.05, 0) is 9.91 Å². The summed E-state index contributed by atoms with van der Waals surface area (Å²) < 4.78 is 11.9. The van der Waals surface area contributed by atoms with Crippen molar-refractivity contribution in [3.05, 3.63) is 27.9 Å². The zero-order chi connectivity index (χ0) is 12.8. The van der Waals surface area contributed by atoms with Crippen LogP contribution in [0.15, 0.2) is 12.3 Å². The quantitative estimate of drug-likeness (QED) is 0.586. The Morgan fingerprint density at radius 2 is 2.35 bits per heavy atom. The van der Waals surface area contributed by atoms with Crippen LogP contribution in [0.25, 0.3) is 0 Å². The lowest BCUT2D eigenvalue weighted by atomic mass is 10.2. The third-order valence-corrected chi connectivity index (χ3v) is 1.97. The summed E-state index contributed by atoms with van der Waals surface area (Å²) in [6.45, 7) is -0.841. The van der Waals surface area contributed by atoms with Crippen molar-refractivity contribution >= 4 is 17.4 Å². The molecule has 8 heteroatoms. The van der Waals surface area contributed by atoms with E-state index >= 15 is 0 Å². The molecule has 2 N–H and O–H groups in total. The van der Waals surface area contributed by atoms with Crippen molar-refractivity contribution < 1.29 is 14.1 Å². The standard InChI is InChI=1S/C9H11FN4O3/c1-11-7-5-13-8(14(16)17)4-6(7)9(15)12-3-2-10/h4-5,11H,2-3H2,1H3,(H,12,15). The van der Waals surface area contributed by atoms with Crippen LogP contribution in [0, 0.1) is 10.1 Å². The molecule has 0 aliphatic carbocycles. The molecule has 0 aliphatic heterocycles. The monoisotopic (exact) mass is 242 g/mol. The van der Waals surface area contributed by atoms with Gasteiger partial charge in [-0.25, -0.2) is 4.39 Å². The molecule has 92 valence electrons. The number of hydrogen-bond donors (Lipinski definition) is 2. The van der Waals surface area contributed by atoms with Gasteiger partial charge in [0, 0.05) is 13.6 Å². The van der Waals surface area contributed by atoms with Crippen LogP contribution in [-0.4, -0.2) is 36.1 Å². The SMILES string of the molecule is CNc1cnc([N+](=O)[O-])cc1C(=O)NCCF. The molecular weight excluding hydrogens is 231 g/mol. The number of halogens is 1. The number of anilines is 1. The largest absolute Gasteiger partial charge is 0.384 e. The highest BCUT2D eigenvalue weighted by Crippen LogP contribution is 2.18. The maximum atomic E-state index is 11.9. The van der Waals surface area contributed by atoms with Crippen LogP contribution in [-0.2, 0) is 0 Å². The Morgan fingerprint density at radius 1 is 1.65 bits per heavy atom. The van der Waals surface area contributed by atoms with E-state index in [4.69, 9.17) is 0 Å². The third-order valence-electron chi connectivity index (χ3n) is 1.97. The lowest BCUT2D eigenvalue weighted by molar-refractivity contribution is -0.389. The van der Waals surface area contributed by atoms with Gasteiger partial charge in [0.1, 0.15) is 6.67 Å². The van der Waals surface area contributed by atoms with Crippen LogP contribution in [0.5, 0.6) is 0 Å². The number of nitrogens with zero attached hydrogens (tertiary/aromatic N) is 2. The molecule has 17 heavy (non-hydrogen) atoms. The Kier molecular flexibility index (Phi) is 4.32. The molecule has 1 aromatic heterocycles. The molecular formula is C9H11FN4O3. The fourth-order valence-corrected chi connectivity index (χ4v) is 1.19. The first-order valence-electron chi connectivity index (χ1n) is 4.76. The van der Waals surface area contributed by atoms with Crippen LogP contribution in [0.2, 0.25) is 0 Å². The van der Waals surface area contributed by atoms with Gasteiger partial charge in [0.05, 0.1) is 17.3 Å². The minimum atomic E-state index is -0.703. The van der Waals surface area contributed by atoms with Gasteiger partial charge in [-0.15, -0.1) is 0 Å². The summed E-state index contributed by atoms with van der Waals surface area (Å²) in [5.41, 5.74) is 0.398. The number of hydrogen-bond acceptors (Lipinski definition) is 5. The first-order valence-corrected chi connectivity index (χ1v) is 4.76. The molecule has 0 fully saturated rings. The molecule has 0 aromatic carbocycles. The van der Waals surface area contributed by atoms with Crippen molar-refractivity contribution in [3.8, 4) is 0 Å². The highest BCUT2D eigenvalue weighted by molar-refractivity contribution is 5.99. The van der Waals surface area contributed by atoms with E-state index in [0.29, 0.717) is 5.69 Å². The van der Waals surface area contributed by atoms with E-state index in [1.165, 1.54) is 6.20 Å². The molecule has 0 aliphatic rings. The fraction of sp³-hybridized carbons (Fsp3) is 0.333. The first-order chi connectivity index (χ1) is 8.10. The van der Waals surface area contributed by atoms with Gasteiger partial charge in [-0.2, -0.15) is 0 Å². The summed E-state index contributed by atoms with van der Waals surface area (Å²) in [7, 11) is 1.55. The van der Waals surface area contributed by atoms with Crippen molar-refractivity contribution in [2.24, 2.45) is 0 Å². The second kappa shape index (κ2) is 5.73. The lowest BCUT2D eigenvalue weighted by Crippen LogP contribution is -2.26. The molecule has 1 heterocycles. The molecule has 7 nitrogen and oxygen atoms in total. The predicted octanol–water partition coefficient (Wildman–Crippen LogP) is 0.731. The first kappa shape index (κ1) is 12.8. The molecule has 0 bridgehead atoms. The Morgan fingerprint density at radius 3 is 2.88 bits per heavy atom. The van der Waals surface area contributed by atoms with Gasteiger partial charge < -0.3 is 20.7 Å². The van der Waals surface area contributed by atoms with E-state index < -0.39 is 23.3 Å². The number of aromatic nitrogens is 1. The number of rotatable bonds is 5. The predicted molar refractivity (Wildman–Crippen MR) is 58.7 cm³/mol. The molecule has 0 atom stereocenters. The Hall–Kier alpha value is -2.25. The number of pyridine rings is 1. The number of alkyl halides is 1. The van der Waals surface area contributed by atoms with E-state index in [2.05, 4.69) is 15.6 Å². The Balaban J connectivity index is 3.05. The van der Waals surface area contributed by atoms with Gasteiger partial charge in [-0.3, -0.25) is 4.79 Å². The van der Waals surface area contributed by atoms with Gasteiger partial charge in [0.2, 0.25) is 0 Å². The second-order valence-corrected chi connectivity index (χ2v) is 3.04. The van der Waals surface area contributed by atoms with Gasteiger partial charge in [0.15, 0.2) is 6.20 Å². The van der Waals surface area contributed by atoms with Crippen molar-refractivity contribution in [2.45, 2.75) is 0 Å². The van der Waals surface area contributed by atoms with Crippen LogP contribution in [0.4, 0.5) is 15.9 Å². The number of carbonyl (C=O) groups is 1. The normalized spacial score (nSPS) is 9.76. The van der Waals surface area contributed by atoms with Crippen LogP contribution < -0.4 is 10.6 Å². The zero-order valence-corrected chi connectivity index (χ0v) is 9.07. The summed E-state index contributed by atoms with van der Waals surface area (Å²) >= 11 is 0. The number of carbonyl (C=O) groups excluding carboxylic acids is 1. The van der Waals surface area contributed by atoms with E-state index in [0.717, 1.165) is 6.07 Å². The minimum absolute atomic E-state index is 0.0580. The lowest BCUT2D eigenvalue weighted by Gasteiger charge is -2.07. The third kappa shape index (κ3) is 3.10. The van der Waals surface area contributed by atoms with Crippen molar-refractivity contribution in [2.75, 3.05) is 25.6 Å². The fourth-order valence-electron chi connectivity index (χ4n) is 1.19. The van der Waals surface area contributed by atoms with E-state index in [9.17, 15) is 19.3 Å². The van der Waals surface area contributed by atoms with Crippen LogP contribution in [0.1, 0.15) is 10.4 Å². The molecule has 0 saturated carbocycles. The molecule has 0 saturated heterocycles. The number of amides is 1. The van der Waals surface area contributed by atoms with Gasteiger partial charge in [-0.1, -0.05) is 0 Å². The van der Waals surface area contributed by atoms with Crippen LogP contribution >= 0.6 is 0 Å². The molecule has 1 amide bonds. The zero-order valence-electron chi connectivity index (χ0n) is 9.07. The molecule has 0 radical (unpaired) electrons. The second-order valence-electron chi connectivity index (χ2n) is 3.04. The average Bonchev–Trinajstić information content (AvgIpc) is 2.34. The molecule has 0 unspecified atom stereocenters. The maximum absolute atomic E-state index is 11.9. The maximum Gasteiger partial charge on any atom is 0.364 e. The Bertz CT molecular complexity index is 438. The van der Waals surface area contributed by atoms with E-state index in [-0.39, 0.29) is 12.1 Å². The minimum Gasteiger partial charge on any atom is -0.384 e. The van der Waals surface area contributed by atoms with Crippen LogP contribution in [0.3, 0.4) is 0 Å². The van der Waals surface area contributed by atoms with Gasteiger partial charge >= 0.3 is 5.82 Å². The number of nitro groups is 1. The van der Waals surface area contributed by atoms with E-state index in [1.54, 1.807) is 7.05 Å². The molecule has 1 aromatic rings. The average molecular weight is 242 g/mol. The highest BCUT2D eigenvalue weighted by Gasteiger charge is 2.17. The van der Waals surface area contributed by atoms with Crippen molar-refractivity contribution in [1.29, 1.82) is 0 Å². The summed E-state index contributed by atoms with van der Waals surface area (Å²) in [6, 6.07) is 1.04. The summed E-state index contributed by atoms with van der Waals surface area (Å²) in [4.78, 5) is 25.0. The Labute approximate surface area is 96.2 Å². The summed E-state index contributed by atoms with van der Waals surface area (Å²) in [6.07, 6.45) is 1.18. The molecule has 1 rings (SSSR count). The topological polar surface area (TPSA) is 97.2 Å². The molecule has 0 spiro atoms. The van der Waals surface area contributed by atoms with E-state index in [1.807, 2.05) is 0 Å². The van der Waals surface area contributed by atoms with Crippen molar-refractivity contribution in [1.82, 2.24) is 10.3 Å². The van der Waals surface area contributed by atoms with Crippen molar-refractivity contribution in [3.63, 3.8) is 0 Å². The van der Waals surface area contributed by atoms with Gasteiger partial charge in [0.25, 0.3) is 5.91 Å². The summed E-state index contributed by atoms with van der Waals surface area (Å²) in [5.74, 6) is -1.02.